The van der Waals surface area contributed by atoms with E-state index in [9.17, 15) is 9.59 Å². The third-order valence-electron chi connectivity index (χ3n) is 4.62. The molecule has 2 atom stereocenters. The Balaban J connectivity index is 2.01. The van der Waals surface area contributed by atoms with Crippen molar-refractivity contribution < 1.29 is 14.7 Å². The normalized spacial score (nSPS) is 30.2. The highest BCUT2D eigenvalue weighted by Gasteiger charge is 2.37. The zero-order valence-corrected chi connectivity index (χ0v) is 11.1. The van der Waals surface area contributed by atoms with Gasteiger partial charge in [0.05, 0.1) is 0 Å². The van der Waals surface area contributed by atoms with E-state index in [0.29, 0.717) is 24.8 Å². The van der Waals surface area contributed by atoms with E-state index in [1.807, 2.05) is 0 Å². The molecule has 4 heteroatoms. The molecule has 1 aliphatic carbocycles. The minimum absolute atomic E-state index is 0.0945. The van der Waals surface area contributed by atoms with Crippen LogP contribution in [0.15, 0.2) is 0 Å². The van der Waals surface area contributed by atoms with Gasteiger partial charge in [-0.3, -0.25) is 4.79 Å². The minimum Gasteiger partial charge on any atom is -0.480 e. The Morgan fingerprint density at radius 3 is 2.22 bits per heavy atom. The van der Waals surface area contributed by atoms with Crippen molar-refractivity contribution in [3.8, 4) is 0 Å². The highest BCUT2D eigenvalue weighted by Crippen LogP contribution is 2.36. The predicted molar refractivity (Wildman–Crippen MR) is 68.1 cm³/mol. The topological polar surface area (TPSA) is 57.6 Å². The van der Waals surface area contributed by atoms with Crippen LogP contribution in [0.2, 0.25) is 0 Å². The van der Waals surface area contributed by atoms with Gasteiger partial charge in [0.25, 0.3) is 0 Å². The number of amides is 1. The zero-order chi connectivity index (χ0) is 13.1. The van der Waals surface area contributed by atoms with Crippen molar-refractivity contribution in [2.75, 3.05) is 6.54 Å². The lowest BCUT2D eigenvalue weighted by molar-refractivity contribution is -0.153. The van der Waals surface area contributed by atoms with Crippen molar-refractivity contribution in [3.05, 3.63) is 0 Å². The number of hydrogen-bond donors (Lipinski definition) is 1. The molecule has 2 aliphatic rings. The second kappa shape index (κ2) is 5.72. The van der Waals surface area contributed by atoms with Gasteiger partial charge in [-0.1, -0.05) is 32.1 Å². The number of aliphatic carboxylic acids is 1. The number of likely N-dealkylation sites (tertiary alicyclic amines) is 1. The maximum absolute atomic E-state index is 11.6. The lowest BCUT2D eigenvalue weighted by atomic mass is 9.75. The molecule has 1 aliphatic heterocycles. The van der Waals surface area contributed by atoms with E-state index in [-0.39, 0.29) is 5.91 Å². The van der Waals surface area contributed by atoms with Crippen LogP contribution in [0.4, 0.5) is 0 Å². The summed E-state index contributed by atoms with van der Waals surface area (Å²) in [4.78, 5) is 24.3. The van der Waals surface area contributed by atoms with Gasteiger partial charge in [-0.05, 0) is 24.7 Å². The molecule has 18 heavy (non-hydrogen) atoms. The molecule has 1 heterocycles. The maximum Gasteiger partial charge on any atom is 0.326 e. The average Bonchev–Trinajstić information content (AvgIpc) is 2.39. The SMILES string of the molecule is CC(=O)N1CC(C2CCCCC2)CCC1C(=O)O. The molecule has 102 valence electrons. The molecule has 1 saturated heterocycles. The fourth-order valence-electron chi connectivity index (χ4n) is 3.59. The van der Waals surface area contributed by atoms with Gasteiger partial charge in [-0.25, -0.2) is 4.79 Å². The Morgan fingerprint density at radius 1 is 1.00 bits per heavy atom. The molecular formula is C14H23NO3. The van der Waals surface area contributed by atoms with Crippen LogP contribution in [-0.4, -0.2) is 34.5 Å². The fraction of sp³-hybridized carbons (Fsp3) is 0.857. The number of carboxylic acid groups (broad SMARTS) is 1. The Hall–Kier alpha value is -1.06. The van der Waals surface area contributed by atoms with E-state index in [1.165, 1.54) is 39.0 Å². The van der Waals surface area contributed by atoms with E-state index >= 15 is 0 Å². The minimum atomic E-state index is -0.854. The third kappa shape index (κ3) is 2.85. The van der Waals surface area contributed by atoms with Crippen molar-refractivity contribution in [3.63, 3.8) is 0 Å². The quantitative estimate of drug-likeness (QED) is 0.821. The van der Waals surface area contributed by atoms with Gasteiger partial charge in [-0.2, -0.15) is 0 Å². The van der Waals surface area contributed by atoms with Gasteiger partial charge in [0.2, 0.25) is 5.91 Å². The Labute approximate surface area is 108 Å². The number of carbonyl (C=O) groups is 2. The first-order valence-electron chi connectivity index (χ1n) is 7.09. The molecule has 2 fully saturated rings. The molecule has 0 aromatic rings. The van der Waals surface area contributed by atoms with Gasteiger partial charge in [0.1, 0.15) is 6.04 Å². The number of carbonyl (C=O) groups excluding carboxylic acids is 1. The molecule has 2 unspecified atom stereocenters. The number of piperidine rings is 1. The molecule has 0 spiro atoms. The van der Waals surface area contributed by atoms with Gasteiger partial charge in [-0.15, -0.1) is 0 Å². The van der Waals surface area contributed by atoms with Crippen LogP contribution < -0.4 is 0 Å². The summed E-state index contributed by atoms with van der Waals surface area (Å²) in [6.07, 6.45) is 8.02. The highest BCUT2D eigenvalue weighted by atomic mass is 16.4. The molecule has 2 rings (SSSR count). The standard InChI is InChI=1S/C14H23NO3/c1-10(16)15-9-12(7-8-13(15)14(17)18)11-5-3-2-4-6-11/h11-13H,2-9H2,1H3,(H,17,18). The van der Waals surface area contributed by atoms with Crippen LogP contribution in [0.5, 0.6) is 0 Å². The fourth-order valence-corrected chi connectivity index (χ4v) is 3.59. The van der Waals surface area contributed by atoms with Gasteiger partial charge < -0.3 is 10.0 Å². The molecule has 0 radical (unpaired) electrons. The van der Waals surface area contributed by atoms with E-state index < -0.39 is 12.0 Å². The molecule has 0 bridgehead atoms. The van der Waals surface area contributed by atoms with Gasteiger partial charge in [0, 0.05) is 13.5 Å². The smallest absolute Gasteiger partial charge is 0.326 e. The van der Waals surface area contributed by atoms with E-state index in [4.69, 9.17) is 5.11 Å². The first-order chi connectivity index (χ1) is 8.59. The monoisotopic (exact) mass is 253 g/mol. The summed E-state index contributed by atoms with van der Waals surface area (Å²) >= 11 is 0. The molecule has 1 amide bonds. The molecule has 1 saturated carbocycles. The summed E-state index contributed by atoms with van der Waals surface area (Å²) in [5, 5.41) is 9.16. The zero-order valence-electron chi connectivity index (χ0n) is 11.1. The van der Waals surface area contributed by atoms with Crippen LogP contribution in [0.3, 0.4) is 0 Å². The van der Waals surface area contributed by atoms with Crippen molar-refractivity contribution in [1.82, 2.24) is 4.90 Å². The molecular weight excluding hydrogens is 230 g/mol. The average molecular weight is 253 g/mol. The number of carboxylic acids is 1. The molecule has 4 nitrogen and oxygen atoms in total. The first-order valence-corrected chi connectivity index (χ1v) is 7.09. The Kier molecular flexibility index (Phi) is 4.25. The van der Waals surface area contributed by atoms with Crippen LogP contribution in [0.25, 0.3) is 0 Å². The van der Waals surface area contributed by atoms with Gasteiger partial charge >= 0.3 is 5.97 Å². The van der Waals surface area contributed by atoms with E-state index in [0.717, 1.165) is 6.42 Å². The Bertz CT molecular complexity index is 323. The summed E-state index contributed by atoms with van der Waals surface area (Å²) in [6, 6.07) is -0.595. The lowest BCUT2D eigenvalue weighted by Crippen LogP contribution is -2.51. The number of rotatable bonds is 2. The van der Waals surface area contributed by atoms with Crippen LogP contribution in [-0.2, 0) is 9.59 Å². The van der Waals surface area contributed by atoms with Crippen molar-refractivity contribution in [2.24, 2.45) is 11.8 Å². The van der Waals surface area contributed by atoms with Crippen molar-refractivity contribution in [1.29, 1.82) is 0 Å². The largest absolute Gasteiger partial charge is 0.480 e. The highest BCUT2D eigenvalue weighted by molar-refractivity contribution is 5.82. The third-order valence-corrected chi connectivity index (χ3v) is 4.62. The second-order valence-corrected chi connectivity index (χ2v) is 5.76. The summed E-state index contributed by atoms with van der Waals surface area (Å²) in [5.74, 6) is 0.273. The Morgan fingerprint density at radius 2 is 1.67 bits per heavy atom. The first kappa shape index (κ1) is 13.4. The molecule has 0 aromatic heterocycles. The summed E-state index contributed by atoms with van der Waals surface area (Å²) < 4.78 is 0. The van der Waals surface area contributed by atoms with Crippen LogP contribution >= 0.6 is 0 Å². The van der Waals surface area contributed by atoms with E-state index in [1.54, 1.807) is 4.90 Å². The molecule has 1 N–H and O–H groups in total. The summed E-state index contributed by atoms with van der Waals surface area (Å²) in [7, 11) is 0. The lowest BCUT2D eigenvalue weighted by Gasteiger charge is -2.41. The predicted octanol–water partition coefficient (Wildman–Crippen LogP) is 2.28. The van der Waals surface area contributed by atoms with Crippen LogP contribution in [0, 0.1) is 11.8 Å². The number of nitrogens with zero attached hydrogens (tertiary/aromatic N) is 1. The number of hydrogen-bond acceptors (Lipinski definition) is 2. The maximum atomic E-state index is 11.6. The molecule has 0 aromatic carbocycles. The summed E-state index contributed by atoms with van der Waals surface area (Å²) in [6.45, 7) is 2.14. The van der Waals surface area contributed by atoms with Crippen LogP contribution in [0.1, 0.15) is 51.9 Å². The van der Waals surface area contributed by atoms with Gasteiger partial charge in [0.15, 0.2) is 0 Å². The van der Waals surface area contributed by atoms with Crippen molar-refractivity contribution in [2.45, 2.75) is 57.9 Å². The summed E-state index contributed by atoms with van der Waals surface area (Å²) in [5.41, 5.74) is 0. The second-order valence-electron chi connectivity index (χ2n) is 5.76. The van der Waals surface area contributed by atoms with Crippen molar-refractivity contribution >= 4 is 11.9 Å². The van der Waals surface area contributed by atoms with E-state index in [2.05, 4.69) is 0 Å².